The van der Waals surface area contributed by atoms with Gasteiger partial charge in [0.2, 0.25) is 0 Å². The molecule has 1 aliphatic rings. The summed E-state index contributed by atoms with van der Waals surface area (Å²) in [7, 11) is 0. The second-order valence-corrected chi connectivity index (χ2v) is 9.95. The molecule has 184 valence electrons. The van der Waals surface area contributed by atoms with Gasteiger partial charge in [-0.05, 0) is 79.2 Å². The van der Waals surface area contributed by atoms with Crippen molar-refractivity contribution < 1.29 is 4.79 Å². The van der Waals surface area contributed by atoms with Crippen LogP contribution in [-0.2, 0) is 19.3 Å². The summed E-state index contributed by atoms with van der Waals surface area (Å²) < 4.78 is 0. The number of carbonyl (C=O) groups is 1. The van der Waals surface area contributed by atoms with E-state index in [9.17, 15) is 4.79 Å². The number of nitrogens with zero attached hydrogens (tertiary/aromatic N) is 1. The van der Waals surface area contributed by atoms with Crippen LogP contribution in [0.5, 0.6) is 0 Å². The summed E-state index contributed by atoms with van der Waals surface area (Å²) >= 11 is 6.45. The van der Waals surface area contributed by atoms with Crippen molar-refractivity contribution in [2.24, 2.45) is 0 Å². The van der Waals surface area contributed by atoms with E-state index in [0.29, 0.717) is 12.5 Å². The van der Waals surface area contributed by atoms with Crippen molar-refractivity contribution in [1.29, 1.82) is 0 Å². The molecule has 2 amide bonds. The Kier molecular flexibility index (Phi) is 8.87. The number of amides is 2. The van der Waals surface area contributed by atoms with Gasteiger partial charge in [-0.1, -0.05) is 92.2 Å². The molecule has 0 unspecified atom stereocenters. The molecule has 0 bridgehead atoms. The smallest absolute Gasteiger partial charge is 0.321 e. The van der Waals surface area contributed by atoms with Crippen LogP contribution in [-0.4, -0.2) is 23.5 Å². The molecule has 1 N–H and O–H groups in total. The van der Waals surface area contributed by atoms with E-state index in [1.165, 1.54) is 16.7 Å². The fourth-order valence-corrected chi connectivity index (χ4v) is 5.65. The van der Waals surface area contributed by atoms with Gasteiger partial charge in [-0.2, -0.15) is 0 Å². The summed E-state index contributed by atoms with van der Waals surface area (Å²) in [5, 5.41) is 4.09. The number of anilines is 1. The Morgan fingerprint density at radius 3 is 2.06 bits per heavy atom. The Morgan fingerprint density at radius 1 is 0.829 bits per heavy atom. The number of benzene rings is 3. The van der Waals surface area contributed by atoms with E-state index in [0.717, 1.165) is 61.2 Å². The van der Waals surface area contributed by atoms with Crippen LogP contribution in [0.15, 0.2) is 72.8 Å². The van der Waals surface area contributed by atoms with E-state index in [4.69, 9.17) is 11.6 Å². The Bertz CT molecular complexity index is 1080. The van der Waals surface area contributed by atoms with Crippen LogP contribution in [0.3, 0.4) is 0 Å². The van der Waals surface area contributed by atoms with Crippen molar-refractivity contribution in [2.75, 3.05) is 11.9 Å². The quantitative estimate of drug-likeness (QED) is 0.340. The minimum Gasteiger partial charge on any atom is -0.321 e. The summed E-state index contributed by atoms with van der Waals surface area (Å²) in [5.74, 6) is 0.577. The van der Waals surface area contributed by atoms with Crippen LogP contribution in [0.1, 0.15) is 67.7 Å². The molecule has 0 heterocycles. The number of halogens is 1. The average Bonchev–Trinajstić information content (AvgIpc) is 2.90. The van der Waals surface area contributed by atoms with Crippen molar-refractivity contribution in [3.63, 3.8) is 0 Å². The molecule has 0 saturated heterocycles. The summed E-state index contributed by atoms with van der Waals surface area (Å²) in [4.78, 5) is 15.9. The average molecular weight is 489 g/mol. The molecular weight excluding hydrogens is 452 g/mol. The maximum absolute atomic E-state index is 13.8. The van der Waals surface area contributed by atoms with Gasteiger partial charge >= 0.3 is 6.03 Å². The zero-order valence-electron chi connectivity index (χ0n) is 21.0. The van der Waals surface area contributed by atoms with Crippen LogP contribution in [0.25, 0.3) is 0 Å². The second-order valence-electron chi connectivity index (χ2n) is 9.54. The molecular formula is C31H37ClN2O. The molecule has 4 rings (SSSR count). The van der Waals surface area contributed by atoms with Crippen LogP contribution in [0, 0.1) is 0 Å². The summed E-state index contributed by atoms with van der Waals surface area (Å²) in [6.07, 6.45) is 6.79. The topological polar surface area (TPSA) is 32.3 Å². The van der Waals surface area contributed by atoms with Gasteiger partial charge in [0, 0.05) is 23.3 Å². The van der Waals surface area contributed by atoms with Gasteiger partial charge in [-0.25, -0.2) is 4.79 Å². The standard InChI is InChI=1S/C31H37ClN2O/c1-3-23-14-10-15-24(4-2)30(23)33-31(35)34(22-21-27-13-8-9-16-29(27)32)28-19-17-26(18-20-28)25-11-6-5-7-12-25/h5-16,26,28H,3-4,17-22H2,1-2H3,(H,33,35)/t26-,28-. The first kappa shape index (κ1) is 25.3. The number of carbonyl (C=O) groups excluding carboxylic acids is 1. The van der Waals surface area contributed by atoms with Crippen molar-refractivity contribution in [3.8, 4) is 0 Å². The Morgan fingerprint density at radius 2 is 1.43 bits per heavy atom. The summed E-state index contributed by atoms with van der Waals surface area (Å²) in [5.41, 5.74) is 5.88. The first-order valence-electron chi connectivity index (χ1n) is 13.1. The lowest BCUT2D eigenvalue weighted by molar-refractivity contribution is 0.163. The first-order valence-corrected chi connectivity index (χ1v) is 13.4. The highest BCUT2D eigenvalue weighted by Crippen LogP contribution is 2.35. The third-order valence-electron chi connectivity index (χ3n) is 7.48. The van der Waals surface area contributed by atoms with Gasteiger partial charge in [0.25, 0.3) is 0 Å². The minimum atomic E-state index is 0.0100. The van der Waals surface area contributed by atoms with E-state index in [-0.39, 0.29) is 12.1 Å². The monoisotopic (exact) mass is 488 g/mol. The fourth-order valence-electron chi connectivity index (χ4n) is 5.42. The number of nitrogens with one attached hydrogen (secondary N) is 1. The highest BCUT2D eigenvalue weighted by molar-refractivity contribution is 6.31. The molecule has 0 aromatic heterocycles. The van der Waals surface area contributed by atoms with E-state index in [2.05, 4.69) is 78.7 Å². The number of urea groups is 1. The minimum absolute atomic E-state index is 0.0100. The maximum atomic E-state index is 13.8. The lowest BCUT2D eigenvalue weighted by Crippen LogP contribution is -2.45. The van der Waals surface area contributed by atoms with Gasteiger partial charge in [-0.3, -0.25) is 0 Å². The van der Waals surface area contributed by atoms with E-state index in [1.807, 2.05) is 18.2 Å². The van der Waals surface area contributed by atoms with Gasteiger partial charge in [0.05, 0.1) is 0 Å². The molecule has 3 aromatic rings. The van der Waals surface area contributed by atoms with Crippen molar-refractivity contribution in [2.45, 2.75) is 70.8 Å². The Hall–Kier alpha value is -2.78. The predicted molar refractivity (Wildman–Crippen MR) is 148 cm³/mol. The molecule has 4 heteroatoms. The Balaban J connectivity index is 1.52. The number of aryl methyl sites for hydroxylation is 2. The zero-order chi connectivity index (χ0) is 24.6. The molecule has 0 spiro atoms. The zero-order valence-corrected chi connectivity index (χ0v) is 21.7. The maximum Gasteiger partial charge on any atom is 0.322 e. The molecule has 1 fully saturated rings. The van der Waals surface area contributed by atoms with Crippen molar-refractivity contribution in [1.82, 2.24) is 4.90 Å². The number of hydrogen-bond acceptors (Lipinski definition) is 1. The molecule has 3 aromatic carbocycles. The van der Waals surface area contributed by atoms with Crippen LogP contribution < -0.4 is 5.32 Å². The lowest BCUT2D eigenvalue weighted by Gasteiger charge is -2.37. The molecule has 3 nitrogen and oxygen atoms in total. The van der Waals surface area contributed by atoms with E-state index >= 15 is 0 Å². The van der Waals surface area contributed by atoms with Gasteiger partial charge in [0.1, 0.15) is 0 Å². The SMILES string of the molecule is CCc1cccc(CC)c1NC(=O)N(CCc1ccccc1Cl)[C@H]1CC[C@H](c2ccccc2)CC1. The number of rotatable bonds is 8. The molecule has 35 heavy (non-hydrogen) atoms. The number of para-hydroxylation sites is 1. The van der Waals surface area contributed by atoms with Gasteiger partial charge in [0.15, 0.2) is 0 Å². The third kappa shape index (κ3) is 6.27. The molecule has 1 saturated carbocycles. The fraction of sp³-hybridized carbons (Fsp3) is 0.387. The molecule has 1 aliphatic carbocycles. The first-order chi connectivity index (χ1) is 17.1. The predicted octanol–water partition coefficient (Wildman–Crippen LogP) is 8.27. The van der Waals surface area contributed by atoms with Crippen molar-refractivity contribution in [3.05, 3.63) is 100 Å². The van der Waals surface area contributed by atoms with Gasteiger partial charge in [-0.15, -0.1) is 0 Å². The van der Waals surface area contributed by atoms with E-state index < -0.39 is 0 Å². The second kappa shape index (κ2) is 12.3. The van der Waals surface area contributed by atoms with Gasteiger partial charge < -0.3 is 10.2 Å². The molecule has 0 atom stereocenters. The van der Waals surface area contributed by atoms with E-state index in [1.54, 1.807) is 0 Å². The van der Waals surface area contributed by atoms with Crippen molar-refractivity contribution >= 4 is 23.3 Å². The highest BCUT2D eigenvalue weighted by Gasteiger charge is 2.30. The lowest BCUT2D eigenvalue weighted by atomic mass is 9.81. The van der Waals surface area contributed by atoms with Crippen LogP contribution in [0.2, 0.25) is 5.02 Å². The Labute approximate surface area is 215 Å². The van der Waals surface area contributed by atoms with Crippen LogP contribution >= 0.6 is 11.6 Å². The third-order valence-corrected chi connectivity index (χ3v) is 7.85. The highest BCUT2D eigenvalue weighted by atomic mass is 35.5. The number of hydrogen-bond donors (Lipinski definition) is 1. The normalized spacial score (nSPS) is 17.7. The van der Waals surface area contributed by atoms with Crippen LogP contribution in [0.4, 0.5) is 10.5 Å². The molecule has 0 aliphatic heterocycles. The summed E-state index contributed by atoms with van der Waals surface area (Å²) in [6, 6.07) is 25.3. The summed E-state index contributed by atoms with van der Waals surface area (Å²) in [6.45, 7) is 4.95. The molecule has 0 radical (unpaired) electrons. The largest absolute Gasteiger partial charge is 0.322 e.